The smallest absolute Gasteiger partial charge is 0.193 e. The highest BCUT2D eigenvalue weighted by atomic mass is 16.5. The molecule has 1 unspecified atom stereocenters. The molecule has 144 valence electrons. The van der Waals surface area contributed by atoms with Crippen LogP contribution in [0.5, 0.6) is 5.75 Å². The Labute approximate surface area is 162 Å². The molecule has 5 nitrogen and oxygen atoms in total. The van der Waals surface area contributed by atoms with E-state index in [0.717, 1.165) is 31.3 Å². The molecule has 0 aromatic heterocycles. The standard InChI is InChI=1S/C22H30N4O/c1-25(2)22(23-15-18-8-5-4-6-9-18)24-16-19-12-13-26(17-19)20-10-7-11-21(14-20)27-3/h4-11,14,19H,12-13,15-17H2,1-3H3,(H,23,24). The van der Waals surface area contributed by atoms with Crippen LogP contribution in [-0.4, -0.2) is 51.7 Å². The van der Waals surface area contributed by atoms with Crippen LogP contribution in [0.15, 0.2) is 59.6 Å². The van der Waals surface area contributed by atoms with Crippen molar-refractivity contribution in [2.24, 2.45) is 10.9 Å². The van der Waals surface area contributed by atoms with Gasteiger partial charge in [-0.1, -0.05) is 36.4 Å². The average Bonchev–Trinajstić information content (AvgIpc) is 3.17. The molecule has 2 aromatic carbocycles. The zero-order valence-corrected chi connectivity index (χ0v) is 16.6. The van der Waals surface area contributed by atoms with Crippen LogP contribution in [0.3, 0.4) is 0 Å². The summed E-state index contributed by atoms with van der Waals surface area (Å²) in [4.78, 5) is 9.24. The Morgan fingerprint density at radius 2 is 2.00 bits per heavy atom. The predicted molar refractivity (Wildman–Crippen MR) is 113 cm³/mol. The minimum absolute atomic E-state index is 0.609. The van der Waals surface area contributed by atoms with Crippen molar-refractivity contribution in [3.63, 3.8) is 0 Å². The highest BCUT2D eigenvalue weighted by molar-refractivity contribution is 5.79. The number of hydrogen-bond donors (Lipinski definition) is 1. The zero-order valence-electron chi connectivity index (χ0n) is 16.6. The lowest BCUT2D eigenvalue weighted by molar-refractivity contribution is 0.415. The lowest BCUT2D eigenvalue weighted by Gasteiger charge is -2.21. The summed E-state index contributed by atoms with van der Waals surface area (Å²) in [6.07, 6.45) is 1.18. The van der Waals surface area contributed by atoms with E-state index in [2.05, 4.69) is 57.6 Å². The first kappa shape index (κ1) is 19.1. The lowest BCUT2D eigenvalue weighted by Crippen LogP contribution is -2.39. The number of nitrogens with one attached hydrogen (secondary N) is 1. The molecule has 0 aliphatic carbocycles. The summed E-state index contributed by atoms with van der Waals surface area (Å²) in [5.41, 5.74) is 2.46. The van der Waals surface area contributed by atoms with Crippen molar-refractivity contribution in [2.75, 3.05) is 45.7 Å². The van der Waals surface area contributed by atoms with E-state index in [-0.39, 0.29) is 0 Å². The van der Waals surface area contributed by atoms with Crippen molar-refractivity contribution < 1.29 is 4.74 Å². The molecular formula is C22H30N4O. The normalized spacial score (nSPS) is 17.1. The van der Waals surface area contributed by atoms with Crippen molar-refractivity contribution in [3.8, 4) is 5.75 Å². The number of nitrogens with zero attached hydrogens (tertiary/aromatic N) is 3. The second-order valence-electron chi connectivity index (χ2n) is 7.20. The summed E-state index contributed by atoms with van der Waals surface area (Å²) < 4.78 is 5.35. The molecular weight excluding hydrogens is 336 g/mol. The van der Waals surface area contributed by atoms with Crippen molar-refractivity contribution in [3.05, 3.63) is 60.2 Å². The van der Waals surface area contributed by atoms with Crippen LogP contribution < -0.4 is 15.0 Å². The molecule has 0 radical (unpaired) electrons. The molecule has 0 bridgehead atoms. The molecule has 1 N–H and O–H groups in total. The van der Waals surface area contributed by atoms with Gasteiger partial charge < -0.3 is 19.9 Å². The Morgan fingerprint density at radius 3 is 2.74 bits per heavy atom. The molecule has 27 heavy (non-hydrogen) atoms. The first-order valence-electron chi connectivity index (χ1n) is 9.54. The second-order valence-corrected chi connectivity index (χ2v) is 7.20. The maximum Gasteiger partial charge on any atom is 0.193 e. The Hall–Kier alpha value is -2.69. The summed E-state index contributed by atoms with van der Waals surface area (Å²) in [6, 6.07) is 18.7. The van der Waals surface area contributed by atoms with Crippen LogP contribution in [0.4, 0.5) is 5.69 Å². The Balaban J connectivity index is 1.53. The van der Waals surface area contributed by atoms with E-state index in [1.807, 2.05) is 26.2 Å². The summed E-state index contributed by atoms with van der Waals surface area (Å²) in [6.45, 7) is 3.77. The number of ether oxygens (including phenoxy) is 1. The van der Waals surface area contributed by atoms with E-state index >= 15 is 0 Å². The monoisotopic (exact) mass is 366 g/mol. The summed E-state index contributed by atoms with van der Waals surface area (Å²) in [5.74, 6) is 2.47. The van der Waals surface area contributed by atoms with Crippen molar-refractivity contribution >= 4 is 11.6 Å². The number of aliphatic imine (C=N–C) groups is 1. The van der Waals surface area contributed by atoms with Gasteiger partial charge in [-0.15, -0.1) is 0 Å². The van der Waals surface area contributed by atoms with E-state index in [1.165, 1.54) is 17.7 Å². The van der Waals surface area contributed by atoms with E-state index in [4.69, 9.17) is 9.73 Å². The molecule has 0 spiro atoms. The van der Waals surface area contributed by atoms with Gasteiger partial charge in [0.15, 0.2) is 5.96 Å². The Morgan fingerprint density at radius 1 is 1.19 bits per heavy atom. The maximum atomic E-state index is 5.35. The van der Waals surface area contributed by atoms with Gasteiger partial charge in [0.05, 0.1) is 13.7 Å². The van der Waals surface area contributed by atoms with Gasteiger partial charge in [0, 0.05) is 45.5 Å². The van der Waals surface area contributed by atoms with Gasteiger partial charge in [0.2, 0.25) is 0 Å². The molecule has 1 aliphatic rings. The van der Waals surface area contributed by atoms with Gasteiger partial charge in [-0.2, -0.15) is 0 Å². The number of anilines is 1. The van der Waals surface area contributed by atoms with Crippen LogP contribution in [0.2, 0.25) is 0 Å². The summed E-state index contributed by atoms with van der Waals surface area (Å²) in [5, 5.41) is 3.55. The molecule has 2 aromatic rings. The molecule has 1 aliphatic heterocycles. The first-order valence-corrected chi connectivity index (χ1v) is 9.54. The average molecular weight is 367 g/mol. The third kappa shape index (κ3) is 5.39. The first-order chi connectivity index (χ1) is 13.2. The van der Waals surface area contributed by atoms with Gasteiger partial charge in [-0.25, -0.2) is 4.99 Å². The molecule has 3 rings (SSSR count). The third-order valence-electron chi connectivity index (χ3n) is 4.93. The van der Waals surface area contributed by atoms with E-state index in [0.29, 0.717) is 12.5 Å². The summed E-state index contributed by atoms with van der Waals surface area (Å²) >= 11 is 0. The highest BCUT2D eigenvalue weighted by Crippen LogP contribution is 2.26. The fraction of sp³-hybridized carbons (Fsp3) is 0.409. The fourth-order valence-electron chi connectivity index (χ4n) is 3.38. The lowest BCUT2D eigenvalue weighted by atomic mass is 10.1. The molecule has 0 amide bonds. The summed E-state index contributed by atoms with van der Waals surface area (Å²) in [7, 11) is 5.79. The van der Waals surface area contributed by atoms with Crippen molar-refractivity contribution in [1.29, 1.82) is 0 Å². The fourth-order valence-corrected chi connectivity index (χ4v) is 3.38. The van der Waals surface area contributed by atoms with Gasteiger partial charge in [-0.05, 0) is 30.0 Å². The van der Waals surface area contributed by atoms with Crippen molar-refractivity contribution in [1.82, 2.24) is 10.2 Å². The second kappa shape index (κ2) is 9.31. The number of methoxy groups -OCH3 is 1. The topological polar surface area (TPSA) is 40.1 Å². The van der Waals surface area contributed by atoms with E-state index < -0.39 is 0 Å². The largest absolute Gasteiger partial charge is 0.497 e. The van der Waals surface area contributed by atoms with Gasteiger partial charge in [-0.3, -0.25) is 0 Å². The quantitative estimate of drug-likeness (QED) is 0.629. The predicted octanol–water partition coefficient (Wildman–Crippen LogP) is 3.23. The molecule has 0 saturated carbocycles. The SMILES string of the molecule is COc1cccc(N2CCC(CNC(=NCc3ccccc3)N(C)C)C2)c1. The minimum Gasteiger partial charge on any atom is -0.497 e. The molecule has 1 atom stereocenters. The molecule has 1 heterocycles. The number of benzene rings is 2. The van der Waals surface area contributed by atoms with E-state index in [1.54, 1.807) is 7.11 Å². The zero-order chi connectivity index (χ0) is 19.1. The number of rotatable bonds is 6. The maximum absolute atomic E-state index is 5.35. The Kier molecular flexibility index (Phi) is 6.58. The number of guanidine groups is 1. The molecule has 1 fully saturated rings. The van der Waals surface area contributed by atoms with Crippen LogP contribution in [0.1, 0.15) is 12.0 Å². The highest BCUT2D eigenvalue weighted by Gasteiger charge is 2.23. The molecule has 1 saturated heterocycles. The third-order valence-corrected chi connectivity index (χ3v) is 4.93. The minimum atomic E-state index is 0.609. The van der Waals surface area contributed by atoms with Crippen LogP contribution in [0, 0.1) is 5.92 Å². The van der Waals surface area contributed by atoms with Gasteiger partial charge in [0.1, 0.15) is 5.75 Å². The van der Waals surface area contributed by atoms with Crippen LogP contribution in [0.25, 0.3) is 0 Å². The van der Waals surface area contributed by atoms with Crippen molar-refractivity contribution in [2.45, 2.75) is 13.0 Å². The molecule has 5 heteroatoms. The van der Waals surface area contributed by atoms with Gasteiger partial charge in [0.25, 0.3) is 0 Å². The van der Waals surface area contributed by atoms with E-state index in [9.17, 15) is 0 Å². The van der Waals surface area contributed by atoms with Crippen LogP contribution >= 0.6 is 0 Å². The number of hydrogen-bond acceptors (Lipinski definition) is 3. The Bertz CT molecular complexity index is 745. The van der Waals surface area contributed by atoms with Crippen LogP contribution in [-0.2, 0) is 6.54 Å². The van der Waals surface area contributed by atoms with Gasteiger partial charge >= 0.3 is 0 Å².